The summed E-state index contributed by atoms with van der Waals surface area (Å²) < 4.78 is 0. The van der Waals surface area contributed by atoms with Crippen LogP contribution in [0.25, 0.3) is 55.8 Å². The molecule has 1 aromatic heterocycles. The van der Waals surface area contributed by atoms with Crippen molar-refractivity contribution in [2.75, 3.05) is 0 Å². The van der Waals surface area contributed by atoms with Gasteiger partial charge in [0.05, 0.1) is 5.69 Å². The molecule has 0 aliphatic rings. The molecular formula is C49H45N. The molecular weight excluding hydrogens is 603 g/mol. The second-order valence-corrected chi connectivity index (χ2v) is 13.5. The van der Waals surface area contributed by atoms with Crippen molar-refractivity contribution in [3.8, 4) is 55.8 Å². The third-order valence-electron chi connectivity index (χ3n) is 9.88. The van der Waals surface area contributed by atoms with Gasteiger partial charge in [-0.15, -0.1) is 0 Å². The van der Waals surface area contributed by atoms with Gasteiger partial charge in [-0.1, -0.05) is 140 Å². The SMILES string of the molecule is Cc1cccc(C)c1-c1cc(-c2cccc(-c3cccc(CCCCCCc4ccccc4)c3)c2)ccc1-c1cccc(-c2ccccn2)c1. The van der Waals surface area contributed by atoms with E-state index in [-0.39, 0.29) is 0 Å². The highest BCUT2D eigenvalue weighted by atomic mass is 14.7. The second-order valence-electron chi connectivity index (χ2n) is 13.5. The fraction of sp³-hybridized carbons (Fsp3) is 0.163. The van der Waals surface area contributed by atoms with Crippen LogP contribution in [0.3, 0.4) is 0 Å². The number of aromatic nitrogens is 1. The largest absolute Gasteiger partial charge is 0.256 e. The summed E-state index contributed by atoms with van der Waals surface area (Å²) in [6.45, 7) is 4.45. The predicted octanol–water partition coefficient (Wildman–Crippen LogP) is 13.4. The molecule has 1 heteroatoms. The maximum absolute atomic E-state index is 4.62. The van der Waals surface area contributed by atoms with Crippen molar-refractivity contribution in [1.29, 1.82) is 0 Å². The van der Waals surface area contributed by atoms with Gasteiger partial charge in [-0.3, -0.25) is 4.98 Å². The topological polar surface area (TPSA) is 12.9 Å². The van der Waals surface area contributed by atoms with E-state index in [1.54, 1.807) is 0 Å². The average Bonchev–Trinajstić information content (AvgIpc) is 3.17. The van der Waals surface area contributed by atoms with Crippen LogP contribution in [0.2, 0.25) is 0 Å². The van der Waals surface area contributed by atoms with E-state index < -0.39 is 0 Å². The minimum absolute atomic E-state index is 0.985. The first-order chi connectivity index (χ1) is 24.6. The Bertz CT molecular complexity index is 2160. The Morgan fingerprint density at radius 2 is 0.940 bits per heavy atom. The maximum Gasteiger partial charge on any atom is 0.0702 e. The van der Waals surface area contributed by atoms with Gasteiger partial charge >= 0.3 is 0 Å². The molecule has 0 atom stereocenters. The lowest BCUT2D eigenvalue weighted by Gasteiger charge is -2.18. The standard InChI is InChI=1S/C49H45N/c1-36-16-12-17-37(2)49(36)47-35-43(29-30-46(47)44-26-15-27-45(34-44)48-28-10-11-31-50-48)42-25-14-24-41(33-42)40-23-13-22-39(32-40)21-7-4-3-6-18-38-19-8-5-9-20-38/h5,8-17,19-20,22-35H,3-4,6-7,18,21H2,1-2H3. The van der Waals surface area contributed by atoms with Gasteiger partial charge < -0.3 is 0 Å². The molecule has 1 nitrogen and oxygen atoms in total. The summed E-state index contributed by atoms with van der Waals surface area (Å²) in [5, 5.41) is 0. The van der Waals surface area contributed by atoms with E-state index >= 15 is 0 Å². The zero-order valence-corrected chi connectivity index (χ0v) is 29.3. The lowest BCUT2D eigenvalue weighted by atomic mass is 9.86. The Labute approximate surface area is 298 Å². The Morgan fingerprint density at radius 1 is 0.380 bits per heavy atom. The highest BCUT2D eigenvalue weighted by molar-refractivity contribution is 5.90. The van der Waals surface area contributed by atoms with Crippen LogP contribution in [0.15, 0.2) is 164 Å². The normalized spacial score (nSPS) is 11.1. The lowest BCUT2D eigenvalue weighted by molar-refractivity contribution is 0.640. The zero-order chi connectivity index (χ0) is 34.1. The summed E-state index contributed by atoms with van der Waals surface area (Å²) in [6, 6.07) is 57.5. The van der Waals surface area contributed by atoms with Crippen LogP contribution in [0.5, 0.6) is 0 Å². The Morgan fingerprint density at radius 3 is 1.66 bits per heavy atom. The van der Waals surface area contributed by atoms with Gasteiger partial charge in [0.15, 0.2) is 0 Å². The smallest absolute Gasteiger partial charge is 0.0702 e. The number of unbranched alkanes of at least 4 members (excludes halogenated alkanes) is 3. The molecule has 6 aromatic carbocycles. The van der Waals surface area contributed by atoms with E-state index in [0.29, 0.717) is 0 Å². The van der Waals surface area contributed by atoms with Gasteiger partial charge in [-0.25, -0.2) is 0 Å². The van der Waals surface area contributed by atoms with Crippen molar-refractivity contribution >= 4 is 0 Å². The molecule has 0 saturated carbocycles. The van der Waals surface area contributed by atoms with Gasteiger partial charge in [-0.05, 0) is 137 Å². The molecule has 0 fully saturated rings. The first-order valence-electron chi connectivity index (χ1n) is 18.1. The average molecular weight is 648 g/mol. The molecule has 0 aliphatic carbocycles. The van der Waals surface area contributed by atoms with Crippen LogP contribution in [-0.2, 0) is 12.8 Å². The first kappa shape index (κ1) is 33.0. The predicted molar refractivity (Wildman–Crippen MR) is 213 cm³/mol. The van der Waals surface area contributed by atoms with Gasteiger partial charge in [0.1, 0.15) is 0 Å². The van der Waals surface area contributed by atoms with E-state index in [2.05, 4.69) is 164 Å². The summed E-state index contributed by atoms with van der Waals surface area (Å²) >= 11 is 0. The van der Waals surface area contributed by atoms with Crippen LogP contribution in [0, 0.1) is 13.8 Å². The molecule has 0 bridgehead atoms. The molecule has 7 aromatic rings. The number of aryl methyl sites for hydroxylation is 4. The van der Waals surface area contributed by atoms with Crippen molar-refractivity contribution in [3.05, 3.63) is 186 Å². The molecule has 0 saturated heterocycles. The van der Waals surface area contributed by atoms with Gasteiger partial charge in [0.25, 0.3) is 0 Å². The summed E-state index contributed by atoms with van der Waals surface area (Å²) in [7, 11) is 0. The minimum atomic E-state index is 0.985. The number of rotatable bonds is 12. The maximum atomic E-state index is 4.62. The third kappa shape index (κ3) is 7.85. The molecule has 0 N–H and O–H groups in total. The number of hydrogen-bond donors (Lipinski definition) is 0. The minimum Gasteiger partial charge on any atom is -0.256 e. The van der Waals surface area contributed by atoms with Crippen molar-refractivity contribution in [2.45, 2.75) is 52.4 Å². The van der Waals surface area contributed by atoms with Crippen LogP contribution < -0.4 is 0 Å². The number of hydrogen-bond acceptors (Lipinski definition) is 1. The second kappa shape index (κ2) is 15.8. The molecule has 0 aliphatic heterocycles. The van der Waals surface area contributed by atoms with Crippen molar-refractivity contribution in [1.82, 2.24) is 4.98 Å². The molecule has 0 spiro atoms. The van der Waals surface area contributed by atoms with E-state index in [1.807, 2.05) is 18.3 Å². The molecule has 1 heterocycles. The first-order valence-corrected chi connectivity index (χ1v) is 18.1. The van der Waals surface area contributed by atoms with Crippen molar-refractivity contribution < 1.29 is 0 Å². The molecule has 0 unspecified atom stereocenters. The Balaban J connectivity index is 1.14. The van der Waals surface area contributed by atoms with E-state index in [9.17, 15) is 0 Å². The zero-order valence-electron chi connectivity index (χ0n) is 29.3. The summed E-state index contributed by atoms with van der Waals surface area (Å²) in [5.41, 5.74) is 17.5. The van der Waals surface area contributed by atoms with Crippen LogP contribution in [0.1, 0.15) is 47.9 Å². The Hall–Kier alpha value is -5.53. The van der Waals surface area contributed by atoms with Crippen LogP contribution >= 0.6 is 0 Å². The molecule has 0 amide bonds. The van der Waals surface area contributed by atoms with Gasteiger partial charge in [0, 0.05) is 11.8 Å². The van der Waals surface area contributed by atoms with E-state index in [4.69, 9.17) is 0 Å². The number of nitrogens with zero attached hydrogens (tertiary/aromatic N) is 1. The lowest BCUT2D eigenvalue weighted by Crippen LogP contribution is -1.93. The van der Waals surface area contributed by atoms with E-state index in [1.165, 1.54) is 98.9 Å². The molecule has 246 valence electrons. The third-order valence-corrected chi connectivity index (χ3v) is 9.88. The summed E-state index contributed by atoms with van der Waals surface area (Å²) in [5.74, 6) is 0. The van der Waals surface area contributed by atoms with Crippen LogP contribution in [-0.4, -0.2) is 4.98 Å². The number of benzene rings is 6. The fourth-order valence-corrected chi connectivity index (χ4v) is 7.24. The van der Waals surface area contributed by atoms with Crippen molar-refractivity contribution in [3.63, 3.8) is 0 Å². The van der Waals surface area contributed by atoms with Gasteiger partial charge in [0.2, 0.25) is 0 Å². The highest BCUT2D eigenvalue weighted by Gasteiger charge is 2.15. The fourth-order valence-electron chi connectivity index (χ4n) is 7.24. The quantitative estimate of drug-likeness (QED) is 0.120. The van der Waals surface area contributed by atoms with Crippen LogP contribution in [0.4, 0.5) is 0 Å². The van der Waals surface area contributed by atoms with E-state index in [0.717, 1.165) is 17.7 Å². The molecule has 7 rings (SSSR count). The van der Waals surface area contributed by atoms with Crippen molar-refractivity contribution in [2.24, 2.45) is 0 Å². The monoisotopic (exact) mass is 647 g/mol. The highest BCUT2D eigenvalue weighted by Crippen LogP contribution is 2.40. The summed E-state index contributed by atoms with van der Waals surface area (Å²) in [4.78, 5) is 4.62. The molecule has 50 heavy (non-hydrogen) atoms. The Kier molecular flexibility index (Phi) is 10.4. The summed E-state index contributed by atoms with van der Waals surface area (Å²) in [6.07, 6.45) is 9.23. The number of pyridine rings is 1. The van der Waals surface area contributed by atoms with Gasteiger partial charge in [-0.2, -0.15) is 0 Å². The molecule has 0 radical (unpaired) electrons.